The van der Waals surface area contributed by atoms with Crippen LogP contribution in [-0.4, -0.2) is 12.7 Å². The van der Waals surface area contributed by atoms with Crippen molar-refractivity contribution >= 4 is 56.6 Å². The Bertz CT molecular complexity index is 692. The number of benzene rings is 2. The molecule has 2 rings (SSSR count). The molecule has 1 N–H and O–H groups in total. The lowest BCUT2D eigenvalue weighted by Gasteiger charge is -2.29. The minimum atomic E-state index is -1.61. The molecule has 0 aliphatic rings. The number of alkyl halides is 3. The lowest BCUT2D eigenvalue weighted by molar-refractivity contribution is 0.603. The van der Waals surface area contributed by atoms with E-state index in [1.54, 1.807) is 0 Å². The van der Waals surface area contributed by atoms with Gasteiger partial charge in [0.05, 0.1) is 21.8 Å². The van der Waals surface area contributed by atoms with Crippen LogP contribution >= 0.6 is 34.8 Å². The molecule has 2 nitrogen and oxygen atoms in total. The van der Waals surface area contributed by atoms with E-state index < -0.39 is 25.6 Å². The monoisotopic (exact) mass is 377 g/mol. The van der Waals surface area contributed by atoms with Gasteiger partial charge in [-0.2, -0.15) is 0 Å². The minimum Gasteiger partial charge on any atom is -0.242 e. The van der Waals surface area contributed by atoms with Gasteiger partial charge in [-0.15, -0.1) is 0 Å². The van der Waals surface area contributed by atoms with E-state index in [9.17, 15) is 4.21 Å². The second kappa shape index (κ2) is 6.66. The highest BCUT2D eigenvalue weighted by atomic mass is 35.6. The third-order valence-corrected chi connectivity index (χ3v) is 5.43. The lowest BCUT2D eigenvalue weighted by Crippen LogP contribution is -2.40. The molecule has 0 saturated carbocycles. The molecule has 0 radical (unpaired) electrons. The van der Waals surface area contributed by atoms with E-state index in [4.69, 9.17) is 34.8 Å². The second-order valence-electron chi connectivity index (χ2n) is 6.08. The highest BCUT2D eigenvalue weighted by molar-refractivity contribution is 7.84. The number of hydrogen-bond acceptors (Lipinski definition) is 1. The molecule has 0 spiro atoms. The van der Waals surface area contributed by atoms with Crippen molar-refractivity contribution in [2.24, 2.45) is 0 Å². The Labute approximate surface area is 148 Å². The van der Waals surface area contributed by atoms with Crippen molar-refractivity contribution in [2.75, 3.05) is 0 Å². The summed E-state index contributed by atoms with van der Waals surface area (Å²) in [6, 6.07) is 13.1. The number of fused-ring (bicyclic) bond motifs is 1. The summed E-state index contributed by atoms with van der Waals surface area (Å²) < 4.78 is 13.3. The molecule has 6 heteroatoms. The van der Waals surface area contributed by atoms with Crippen LogP contribution in [0, 0.1) is 0 Å². The summed E-state index contributed by atoms with van der Waals surface area (Å²) >= 11 is 18.3. The van der Waals surface area contributed by atoms with Crippen LogP contribution in [0.1, 0.15) is 32.4 Å². The van der Waals surface area contributed by atoms with Gasteiger partial charge in [0.1, 0.15) is 0 Å². The largest absolute Gasteiger partial charge is 0.242 e. The maximum Gasteiger partial charge on any atom is 0.210 e. The second-order valence-corrected chi connectivity index (χ2v) is 10.4. The standard InChI is InChI=1S/C16H18Cl3NOS/c1-15(2,3)22(21)20-14(16(17,18)19)13-9-8-11-6-4-5-7-12(11)10-13/h4-10,14,20H,1-3H3/t14-,22?/m0/s1. The van der Waals surface area contributed by atoms with Crippen LogP contribution in [0.15, 0.2) is 42.5 Å². The van der Waals surface area contributed by atoms with E-state index in [1.807, 2.05) is 63.2 Å². The van der Waals surface area contributed by atoms with Gasteiger partial charge in [-0.25, -0.2) is 8.93 Å². The Balaban J connectivity index is 2.42. The van der Waals surface area contributed by atoms with Crippen molar-refractivity contribution in [3.63, 3.8) is 0 Å². The average Bonchev–Trinajstić information content (AvgIpc) is 2.41. The molecule has 2 aromatic carbocycles. The first-order chi connectivity index (χ1) is 10.1. The highest BCUT2D eigenvalue weighted by Crippen LogP contribution is 2.41. The summed E-state index contributed by atoms with van der Waals surface area (Å²) in [4.78, 5) is 0. The molecule has 0 fully saturated rings. The van der Waals surface area contributed by atoms with E-state index in [1.165, 1.54) is 0 Å². The summed E-state index contributed by atoms with van der Waals surface area (Å²) in [5.74, 6) is 0. The molecule has 2 aromatic rings. The summed E-state index contributed by atoms with van der Waals surface area (Å²) in [6.45, 7) is 5.60. The fourth-order valence-corrected chi connectivity index (χ4v) is 3.61. The molecule has 0 aliphatic heterocycles. The van der Waals surface area contributed by atoms with E-state index >= 15 is 0 Å². The first-order valence-electron chi connectivity index (χ1n) is 6.82. The first kappa shape index (κ1) is 18.0. The molecule has 0 saturated heterocycles. The maximum absolute atomic E-state index is 12.4. The quantitative estimate of drug-likeness (QED) is 0.721. The zero-order chi connectivity index (χ0) is 16.5. The van der Waals surface area contributed by atoms with Crippen molar-refractivity contribution in [1.82, 2.24) is 4.72 Å². The summed E-state index contributed by atoms with van der Waals surface area (Å²) in [5.41, 5.74) is 0.788. The van der Waals surface area contributed by atoms with Gasteiger partial charge in [-0.05, 0) is 43.2 Å². The van der Waals surface area contributed by atoms with Gasteiger partial charge in [0.25, 0.3) is 0 Å². The Morgan fingerprint density at radius 1 is 1.00 bits per heavy atom. The third kappa shape index (κ3) is 4.36. The summed E-state index contributed by atoms with van der Waals surface area (Å²) in [5, 5.41) is 2.15. The smallest absolute Gasteiger partial charge is 0.210 e. The number of hydrogen-bond donors (Lipinski definition) is 1. The van der Waals surface area contributed by atoms with E-state index in [0.717, 1.165) is 16.3 Å². The molecule has 0 bridgehead atoms. The molecule has 120 valence electrons. The SMILES string of the molecule is CC(C)(C)S(=O)N[C@@H](c1ccc2ccccc2c1)C(Cl)(Cl)Cl. The molecule has 0 heterocycles. The molecule has 22 heavy (non-hydrogen) atoms. The van der Waals surface area contributed by atoms with Gasteiger partial charge in [0.15, 0.2) is 0 Å². The van der Waals surface area contributed by atoms with Crippen molar-refractivity contribution in [3.05, 3.63) is 48.0 Å². The van der Waals surface area contributed by atoms with Crippen molar-refractivity contribution < 1.29 is 4.21 Å². The van der Waals surface area contributed by atoms with Crippen LogP contribution in [0.3, 0.4) is 0 Å². The first-order valence-corrected chi connectivity index (χ1v) is 9.11. The highest BCUT2D eigenvalue weighted by Gasteiger charge is 2.37. The van der Waals surface area contributed by atoms with Crippen LogP contribution in [0.2, 0.25) is 0 Å². The van der Waals surface area contributed by atoms with E-state index in [2.05, 4.69) is 4.72 Å². The number of nitrogens with one attached hydrogen (secondary N) is 1. The molecular formula is C16H18Cl3NOS. The Hall–Kier alpha value is -0.320. The molecule has 1 unspecified atom stereocenters. The van der Waals surface area contributed by atoms with Crippen molar-refractivity contribution in [2.45, 2.75) is 35.4 Å². The summed E-state index contributed by atoms with van der Waals surface area (Å²) in [7, 11) is -1.35. The van der Waals surface area contributed by atoms with Gasteiger partial charge in [0, 0.05) is 0 Å². The molecule has 0 aliphatic carbocycles. The Morgan fingerprint density at radius 2 is 1.59 bits per heavy atom. The lowest BCUT2D eigenvalue weighted by atomic mass is 10.0. The number of halogens is 3. The molecule has 2 atom stereocenters. The Kier molecular flexibility index (Phi) is 5.46. The van der Waals surface area contributed by atoms with Gasteiger partial charge in [-0.1, -0.05) is 71.2 Å². The zero-order valence-corrected chi connectivity index (χ0v) is 15.7. The van der Waals surface area contributed by atoms with Crippen LogP contribution in [0.25, 0.3) is 10.8 Å². The zero-order valence-electron chi connectivity index (χ0n) is 12.6. The summed E-state index contributed by atoms with van der Waals surface area (Å²) in [6.07, 6.45) is 0. The average molecular weight is 379 g/mol. The fraction of sp³-hybridized carbons (Fsp3) is 0.375. The Morgan fingerprint density at radius 3 is 2.14 bits per heavy atom. The predicted octanol–water partition coefficient (Wildman–Crippen LogP) is 5.30. The van der Waals surface area contributed by atoms with Crippen LogP contribution in [0.4, 0.5) is 0 Å². The maximum atomic E-state index is 12.4. The van der Waals surface area contributed by atoms with E-state index in [-0.39, 0.29) is 0 Å². The van der Waals surface area contributed by atoms with E-state index in [0.29, 0.717) is 0 Å². The van der Waals surface area contributed by atoms with Crippen LogP contribution < -0.4 is 4.72 Å². The van der Waals surface area contributed by atoms with Gasteiger partial charge in [-0.3, -0.25) is 0 Å². The fourth-order valence-electron chi connectivity index (χ4n) is 2.00. The minimum absolute atomic E-state index is 0.453. The molecule has 0 amide bonds. The third-order valence-electron chi connectivity index (χ3n) is 3.22. The van der Waals surface area contributed by atoms with Crippen LogP contribution in [-0.2, 0) is 11.0 Å². The molecular weight excluding hydrogens is 361 g/mol. The van der Waals surface area contributed by atoms with Gasteiger partial charge < -0.3 is 0 Å². The van der Waals surface area contributed by atoms with Gasteiger partial charge in [0.2, 0.25) is 3.79 Å². The topological polar surface area (TPSA) is 29.1 Å². The van der Waals surface area contributed by atoms with Crippen molar-refractivity contribution in [1.29, 1.82) is 0 Å². The predicted molar refractivity (Wildman–Crippen MR) is 98.0 cm³/mol. The number of rotatable bonds is 3. The van der Waals surface area contributed by atoms with Crippen LogP contribution in [0.5, 0.6) is 0 Å². The van der Waals surface area contributed by atoms with Gasteiger partial charge >= 0.3 is 0 Å². The molecule has 0 aromatic heterocycles. The normalized spacial score (nSPS) is 15.7. The van der Waals surface area contributed by atoms with Crippen molar-refractivity contribution in [3.8, 4) is 0 Å².